The fraction of sp³-hybridized carbons (Fsp3) is 0.375. The number of aromatic nitrogens is 1. The number of hydrogen-bond acceptors (Lipinski definition) is 2. The molecule has 1 heterocycles. The molecule has 4 heteroatoms. The first kappa shape index (κ1) is 7.80. The lowest BCUT2D eigenvalue weighted by molar-refractivity contribution is 0.300. The van der Waals surface area contributed by atoms with Crippen LogP contribution in [0.25, 0.3) is 0 Å². The standard InChI is InChI=1S/C8H7ClFNO/c9-8-7(10)3-6(4-11-8)12-5-1-2-5/h3-5H,1-2H2. The molecular weight excluding hydrogens is 181 g/mol. The molecule has 1 fully saturated rings. The van der Waals surface area contributed by atoms with E-state index in [-0.39, 0.29) is 11.3 Å². The minimum atomic E-state index is -0.533. The van der Waals surface area contributed by atoms with Crippen molar-refractivity contribution in [3.8, 4) is 5.75 Å². The number of ether oxygens (including phenoxy) is 1. The molecule has 1 aromatic heterocycles. The van der Waals surface area contributed by atoms with Crippen molar-refractivity contribution < 1.29 is 9.13 Å². The van der Waals surface area contributed by atoms with E-state index >= 15 is 0 Å². The smallest absolute Gasteiger partial charge is 0.164 e. The maximum Gasteiger partial charge on any atom is 0.164 e. The van der Waals surface area contributed by atoms with Gasteiger partial charge in [-0.1, -0.05) is 11.6 Å². The SMILES string of the molecule is Fc1cc(OC2CC2)cnc1Cl. The Kier molecular flexibility index (Phi) is 1.89. The van der Waals surface area contributed by atoms with Crippen LogP contribution < -0.4 is 4.74 Å². The number of halogens is 2. The summed E-state index contributed by atoms with van der Waals surface area (Å²) in [5, 5.41) is -0.113. The second-order valence-electron chi connectivity index (χ2n) is 2.76. The van der Waals surface area contributed by atoms with E-state index in [0.717, 1.165) is 12.8 Å². The molecule has 1 saturated carbocycles. The number of rotatable bonds is 2. The predicted octanol–water partition coefficient (Wildman–Crippen LogP) is 2.42. The highest BCUT2D eigenvalue weighted by Gasteiger charge is 2.23. The zero-order chi connectivity index (χ0) is 8.55. The maximum atomic E-state index is 12.8. The Hall–Kier alpha value is -0.830. The van der Waals surface area contributed by atoms with Crippen molar-refractivity contribution >= 4 is 11.6 Å². The van der Waals surface area contributed by atoms with E-state index in [0.29, 0.717) is 5.75 Å². The highest BCUT2D eigenvalue weighted by molar-refractivity contribution is 6.29. The number of pyridine rings is 1. The molecule has 1 aromatic rings. The van der Waals surface area contributed by atoms with E-state index in [1.54, 1.807) is 0 Å². The lowest BCUT2D eigenvalue weighted by Gasteiger charge is -2.02. The Morgan fingerprint density at radius 3 is 2.92 bits per heavy atom. The van der Waals surface area contributed by atoms with Crippen molar-refractivity contribution in [1.82, 2.24) is 4.98 Å². The van der Waals surface area contributed by atoms with Crippen molar-refractivity contribution in [3.05, 3.63) is 23.2 Å². The molecule has 0 N–H and O–H groups in total. The summed E-state index contributed by atoms with van der Waals surface area (Å²) < 4.78 is 18.1. The molecule has 64 valence electrons. The van der Waals surface area contributed by atoms with Crippen molar-refractivity contribution in [3.63, 3.8) is 0 Å². The van der Waals surface area contributed by atoms with E-state index < -0.39 is 5.82 Å². The number of hydrogen-bond donors (Lipinski definition) is 0. The summed E-state index contributed by atoms with van der Waals surface area (Å²) in [4.78, 5) is 3.62. The molecule has 0 saturated heterocycles. The van der Waals surface area contributed by atoms with Crippen LogP contribution in [0.3, 0.4) is 0 Å². The minimum Gasteiger partial charge on any atom is -0.489 e. The summed E-state index contributed by atoms with van der Waals surface area (Å²) in [6.07, 6.45) is 3.78. The Morgan fingerprint density at radius 1 is 1.58 bits per heavy atom. The predicted molar refractivity (Wildman–Crippen MR) is 42.9 cm³/mol. The van der Waals surface area contributed by atoms with Crippen LogP contribution in [0.4, 0.5) is 4.39 Å². The van der Waals surface area contributed by atoms with Crippen molar-refractivity contribution in [2.75, 3.05) is 0 Å². The molecule has 0 bridgehead atoms. The fourth-order valence-electron chi connectivity index (χ4n) is 0.846. The zero-order valence-corrected chi connectivity index (χ0v) is 7.01. The zero-order valence-electron chi connectivity index (χ0n) is 6.26. The average molecular weight is 188 g/mol. The highest BCUT2D eigenvalue weighted by atomic mass is 35.5. The molecule has 0 amide bonds. The molecule has 0 unspecified atom stereocenters. The van der Waals surface area contributed by atoms with E-state index in [9.17, 15) is 4.39 Å². The number of nitrogens with zero attached hydrogens (tertiary/aromatic N) is 1. The lowest BCUT2D eigenvalue weighted by atomic mass is 10.4. The van der Waals surface area contributed by atoms with Gasteiger partial charge in [0.1, 0.15) is 5.75 Å². The maximum absolute atomic E-state index is 12.8. The largest absolute Gasteiger partial charge is 0.489 e. The van der Waals surface area contributed by atoms with Gasteiger partial charge in [0.05, 0.1) is 12.3 Å². The van der Waals surface area contributed by atoms with Gasteiger partial charge in [0.25, 0.3) is 0 Å². The first-order chi connectivity index (χ1) is 5.75. The third-order valence-electron chi connectivity index (χ3n) is 1.60. The third kappa shape index (κ3) is 1.67. The first-order valence-corrected chi connectivity index (χ1v) is 4.11. The van der Waals surface area contributed by atoms with E-state index in [2.05, 4.69) is 4.98 Å². The average Bonchev–Trinajstić information content (AvgIpc) is 2.81. The van der Waals surface area contributed by atoms with Gasteiger partial charge in [0.2, 0.25) is 0 Å². The van der Waals surface area contributed by atoms with E-state index in [1.807, 2.05) is 0 Å². The molecule has 2 rings (SSSR count). The molecule has 0 aromatic carbocycles. The monoisotopic (exact) mass is 187 g/mol. The van der Waals surface area contributed by atoms with E-state index in [1.165, 1.54) is 12.3 Å². The first-order valence-electron chi connectivity index (χ1n) is 3.73. The third-order valence-corrected chi connectivity index (χ3v) is 1.88. The van der Waals surface area contributed by atoms with Gasteiger partial charge in [-0.15, -0.1) is 0 Å². The lowest BCUT2D eigenvalue weighted by Crippen LogP contribution is -1.97. The van der Waals surface area contributed by atoms with E-state index in [4.69, 9.17) is 16.3 Å². The molecule has 0 atom stereocenters. The van der Waals surface area contributed by atoms with Crippen LogP contribution in [-0.2, 0) is 0 Å². The second-order valence-corrected chi connectivity index (χ2v) is 3.12. The fourth-order valence-corrected chi connectivity index (χ4v) is 0.950. The van der Waals surface area contributed by atoms with Gasteiger partial charge in [-0.3, -0.25) is 0 Å². The summed E-state index contributed by atoms with van der Waals surface area (Å²) in [7, 11) is 0. The Labute approximate surface area is 74.3 Å². The Balaban J connectivity index is 2.15. The van der Waals surface area contributed by atoms with Crippen molar-refractivity contribution in [1.29, 1.82) is 0 Å². The van der Waals surface area contributed by atoms with Gasteiger partial charge >= 0.3 is 0 Å². The van der Waals surface area contributed by atoms with Gasteiger partial charge in [-0.2, -0.15) is 0 Å². The van der Waals surface area contributed by atoms with Crippen LogP contribution in [0.5, 0.6) is 5.75 Å². The molecule has 1 aliphatic carbocycles. The molecule has 2 nitrogen and oxygen atoms in total. The van der Waals surface area contributed by atoms with Crippen LogP contribution in [0, 0.1) is 5.82 Å². The normalized spacial score (nSPS) is 16.2. The molecule has 1 aliphatic rings. The van der Waals surface area contributed by atoms with Crippen LogP contribution in [0.2, 0.25) is 5.15 Å². The molecule has 0 spiro atoms. The second kappa shape index (κ2) is 2.90. The molecule has 0 aliphatic heterocycles. The molecule has 12 heavy (non-hydrogen) atoms. The summed E-state index contributed by atoms with van der Waals surface area (Å²) in [6.45, 7) is 0. The molecule has 0 radical (unpaired) electrons. The quantitative estimate of drug-likeness (QED) is 0.664. The van der Waals surface area contributed by atoms with Crippen LogP contribution in [0.15, 0.2) is 12.3 Å². The van der Waals surface area contributed by atoms with Gasteiger partial charge in [-0.05, 0) is 12.8 Å². The van der Waals surface area contributed by atoms with Crippen LogP contribution in [0.1, 0.15) is 12.8 Å². The summed E-state index contributed by atoms with van der Waals surface area (Å²) in [6, 6.07) is 1.26. The van der Waals surface area contributed by atoms with Gasteiger partial charge < -0.3 is 4.74 Å². The van der Waals surface area contributed by atoms with Gasteiger partial charge in [-0.25, -0.2) is 9.37 Å². The van der Waals surface area contributed by atoms with Crippen molar-refractivity contribution in [2.24, 2.45) is 0 Å². The van der Waals surface area contributed by atoms with Gasteiger partial charge in [0, 0.05) is 6.07 Å². The van der Waals surface area contributed by atoms with Crippen LogP contribution >= 0.6 is 11.6 Å². The Bertz CT molecular complexity index is 301. The summed E-state index contributed by atoms with van der Waals surface area (Å²) in [5.74, 6) is -0.0748. The van der Waals surface area contributed by atoms with Crippen molar-refractivity contribution in [2.45, 2.75) is 18.9 Å². The Morgan fingerprint density at radius 2 is 2.33 bits per heavy atom. The molecular formula is C8H7ClFNO. The highest BCUT2D eigenvalue weighted by Crippen LogP contribution is 2.27. The van der Waals surface area contributed by atoms with Crippen LogP contribution in [-0.4, -0.2) is 11.1 Å². The minimum absolute atomic E-state index is 0.113. The van der Waals surface area contributed by atoms with Gasteiger partial charge in [0.15, 0.2) is 11.0 Å². The topological polar surface area (TPSA) is 22.1 Å². The summed E-state index contributed by atoms with van der Waals surface area (Å²) in [5.41, 5.74) is 0. The summed E-state index contributed by atoms with van der Waals surface area (Å²) >= 11 is 5.39.